The van der Waals surface area contributed by atoms with Crippen molar-refractivity contribution in [2.45, 2.75) is 51.6 Å². The van der Waals surface area contributed by atoms with Gasteiger partial charge in [0.2, 0.25) is 5.91 Å². The van der Waals surface area contributed by atoms with E-state index in [0.29, 0.717) is 5.91 Å². The third kappa shape index (κ3) is 4.41. The molecule has 2 saturated heterocycles. The Balaban J connectivity index is 1.44. The summed E-state index contributed by atoms with van der Waals surface area (Å²) < 4.78 is 0. The van der Waals surface area contributed by atoms with E-state index in [1.165, 1.54) is 12.0 Å². The summed E-state index contributed by atoms with van der Waals surface area (Å²) in [4.78, 5) is 22.7. The number of thiazole rings is 1. The molecule has 0 radical (unpaired) electrons. The number of hydrogen-bond donors (Lipinski definition) is 0. The van der Waals surface area contributed by atoms with Gasteiger partial charge >= 0.3 is 0 Å². The molecule has 4 rings (SSSR count). The van der Waals surface area contributed by atoms with Crippen LogP contribution in [0.15, 0.2) is 35.7 Å². The molecule has 144 valence electrons. The molecule has 27 heavy (non-hydrogen) atoms. The average Bonchev–Trinajstić information content (AvgIpc) is 3.15. The first-order valence-corrected chi connectivity index (χ1v) is 11.1. The first kappa shape index (κ1) is 18.6. The summed E-state index contributed by atoms with van der Waals surface area (Å²) in [5.74, 6) is 0.481. The normalized spacial score (nSPS) is 24.1. The molecule has 2 fully saturated rings. The van der Waals surface area contributed by atoms with Crippen LogP contribution in [-0.4, -0.2) is 40.3 Å². The molecular weight excluding hydrogens is 354 g/mol. The van der Waals surface area contributed by atoms with Crippen LogP contribution in [0.25, 0.3) is 0 Å². The number of hydrogen-bond acceptors (Lipinski definition) is 4. The predicted molar refractivity (Wildman–Crippen MR) is 110 cm³/mol. The minimum absolute atomic E-state index is 0.129. The van der Waals surface area contributed by atoms with Crippen molar-refractivity contribution in [1.82, 2.24) is 14.8 Å². The number of carbonyl (C=O) groups is 1. The van der Waals surface area contributed by atoms with Gasteiger partial charge < -0.3 is 4.90 Å². The van der Waals surface area contributed by atoms with E-state index in [2.05, 4.69) is 45.5 Å². The lowest BCUT2D eigenvalue weighted by atomic mass is 9.93. The topological polar surface area (TPSA) is 36.4 Å². The van der Waals surface area contributed by atoms with Gasteiger partial charge in [0.05, 0.1) is 12.0 Å². The van der Waals surface area contributed by atoms with Crippen LogP contribution in [-0.2, 0) is 11.3 Å². The Morgan fingerprint density at radius 3 is 2.78 bits per heavy atom. The second-order valence-corrected chi connectivity index (χ2v) is 8.82. The summed E-state index contributed by atoms with van der Waals surface area (Å²) >= 11 is 1.71. The molecule has 2 aliphatic heterocycles. The second-order valence-electron chi connectivity index (χ2n) is 7.93. The number of rotatable bonds is 4. The lowest BCUT2D eigenvalue weighted by molar-refractivity contribution is -0.141. The monoisotopic (exact) mass is 383 g/mol. The molecule has 0 bridgehead atoms. The predicted octanol–water partition coefficient (Wildman–Crippen LogP) is 4.42. The van der Waals surface area contributed by atoms with Gasteiger partial charge in [-0.05, 0) is 51.1 Å². The highest BCUT2D eigenvalue weighted by molar-refractivity contribution is 7.09. The van der Waals surface area contributed by atoms with Gasteiger partial charge in [0.1, 0.15) is 5.01 Å². The van der Waals surface area contributed by atoms with Crippen LogP contribution in [0.5, 0.6) is 0 Å². The van der Waals surface area contributed by atoms with Crippen molar-refractivity contribution in [2.24, 2.45) is 5.92 Å². The molecule has 0 unspecified atom stereocenters. The number of amides is 1. The van der Waals surface area contributed by atoms with Crippen molar-refractivity contribution in [1.29, 1.82) is 0 Å². The highest BCUT2D eigenvalue weighted by Gasteiger charge is 2.35. The SMILES string of the molecule is Cc1csc([C@@H]2CCCCN2C(=O)[C@@H]2CCCN(Cc3ccccc3)C2)n1. The Labute approximate surface area is 166 Å². The number of carbonyl (C=O) groups excluding carboxylic acids is 1. The molecule has 4 nitrogen and oxygen atoms in total. The Bertz CT molecular complexity index is 760. The number of piperidine rings is 2. The standard InChI is InChI=1S/C22H29N3OS/c1-17-16-27-21(23-17)20-11-5-6-13-25(20)22(26)19-10-7-12-24(15-19)14-18-8-3-2-4-9-18/h2-4,8-9,16,19-20H,5-7,10-15H2,1H3/t19-,20+/m1/s1. The van der Waals surface area contributed by atoms with Crippen LogP contribution in [0.2, 0.25) is 0 Å². The number of aromatic nitrogens is 1. The molecule has 2 atom stereocenters. The van der Waals surface area contributed by atoms with E-state index in [-0.39, 0.29) is 12.0 Å². The minimum atomic E-state index is 0.129. The Morgan fingerprint density at radius 2 is 2.00 bits per heavy atom. The van der Waals surface area contributed by atoms with Crippen molar-refractivity contribution in [2.75, 3.05) is 19.6 Å². The zero-order valence-corrected chi connectivity index (χ0v) is 17.0. The zero-order valence-electron chi connectivity index (χ0n) is 16.1. The van der Waals surface area contributed by atoms with Crippen LogP contribution in [0.1, 0.15) is 54.4 Å². The first-order chi connectivity index (χ1) is 13.2. The Morgan fingerprint density at radius 1 is 1.15 bits per heavy atom. The van der Waals surface area contributed by atoms with Gasteiger partial charge in [-0.25, -0.2) is 4.98 Å². The van der Waals surface area contributed by atoms with Crippen molar-refractivity contribution >= 4 is 17.2 Å². The summed E-state index contributed by atoms with van der Waals surface area (Å²) in [6.45, 7) is 5.84. The molecule has 0 saturated carbocycles. The van der Waals surface area contributed by atoms with Gasteiger partial charge in [-0.2, -0.15) is 0 Å². The van der Waals surface area contributed by atoms with E-state index in [4.69, 9.17) is 4.98 Å². The maximum atomic E-state index is 13.4. The van der Waals surface area contributed by atoms with Crippen LogP contribution >= 0.6 is 11.3 Å². The smallest absolute Gasteiger partial charge is 0.227 e. The van der Waals surface area contributed by atoms with Gasteiger partial charge in [-0.15, -0.1) is 11.3 Å². The molecule has 3 heterocycles. The highest BCUT2D eigenvalue weighted by Crippen LogP contribution is 2.35. The van der Waals surface area contributed by atoms with Gasteiger partial charge in [-0.3, -0.25) is 9.69 Å². The fourth-order valence-electron chi connectivity index (χ4n) is 4.45. The fraction of sp³-hybridized carbons (Fsp3) is 0.545. The van der Waals surface area contributed by atoms with E-state index in [1.807, 2.05) is 6.92 Å². The van der Waals surface area contributed by atoms with E-state index in [0.717, 1.165) is 62.6 Å². The summed E-state index contributed by atoms with van der Waals surface area (Å²) in [6, 6.07) is 10.8. The molecule has 1 aromatic heterocycles. The average molecular weight is 384 g/mol. The van der Waals surface area contributed by atoms with Gasteiger partial charge in [-0.1, -0.05) is 30.3 Å². The highest BCUT2D eigenvalue weighted by atomic mass is 32.1. The van der Waals surface area contributed by atoms with Crippen LogP contribution in [0, 0.1) is 12.8 Å². The van der Waals surface area contributed by atoms with Crippen molar-refractivity contribution in [3.63, 3.8) is 0 Å². The number of benzene rings is 1. The summed E-state index contributed by atoms with van der Waals surface area (Å²) in [7, 11) is 0. The van der Waals surface area contributed by atoms with E-state index in [1.54, 1.807) is 11.3 Å². The van der Waals surface area contributed by atoms with Crippen LogP contribution < -0.4 is 0 Å². The summed E-state index contributed by atoms with van der Waals surface area (Å²) in [5.41, 5.74) is 2.40. The molecule has 2 aromatic rings. The lowest BCUT2D eigenvalue weighted by Crippen LogP contribution is -2.47. The zero-order chi connectivity index (χ0) is 18.6. The number of likely N-dealkylation sites (tertiary alicyclic amines) is 2. The second kappa shape index (κ2) is 8.53. The third-order valence-corrected chi connectivity index (χ3v) is 6.88. The fourth-order valence-corrected chi connectivity index (χ4v) is 5.40. The van der Waals surface area contributed by atoms with Gasteiger partial charge in [0, 0.05) is 30.7 Å². The molecule has 0 N–H and O–H groups in total. The quantitative estimate of drug-likeness (QED) is 0.784. The van der Waals surface area contributed by atoms with Crippen molar-refractivity contribution in [3.8, 4) is 0 Å². The van der Waals surface area contributed by atoms with Crippen LogP contribution in [0.4, 0.5) is 0 Å². The Hall–Kier alpha value is -1.72. The van der Waals surface area contributed by atoms with Crippen molar-refractivity contribution < 1.29 is 4.79 Å². The Kier molecular flexibility index (Phi) is 5.89. The number of nitrogens with zero attached hydrogens (tertiary/aromatic N) is 3. The maximum absolute atomic E-state index is 13.4. The lowest BCUT2D eigenvalue weighted by Gasteiger charge is -2.39. The molecule has 1 aromatic carbocycles. The molecule has 0 spiro atoms. The van der Waals surface area contributed by atoms with Gasteiger partial charge in [0.15, 0.2) is 0 Å². The van der Waals surface area contributed by atoms with Crippen molar-refractivity contribution in [3.05, 3.63) is 52.0 Å². The molecular formula is C22H29N3OS. The van der Waals surface area contributed by atoms with Gasteiger partial charge in [0.25, 0.3) is 0 Å². The van der Waals surface area contributed by atoms with E-state index in [9.17, 15) is 4.79 Å². The first-order valence-electron chi connectivity index (χ1n) is 10.2. The molecule has 2 aliphatic rings. The molecule has 0 aliphatic carbocycles. The molecule has 1 amide bonds. The van der Waals surface area contributed by atoms with Crippen LogP contribution in [0.3, 0.4) is 0 Å². The summed E-state index contributed by atoms with van der Waals surface area (Å²) in [5, 5.41) is 3.23. The van der Waals surface area contributed by atoms with E-state index >= 15 is 0 Å². The minimum Gasteiger partial charge on any atom is -0.333 e. The van der Waals surface area contributed by atoms with E-state index < -0.39 is 0 Å². The maximum Gasteiger partial charge on any atom is 0.227 e. The number of aryl methyl sites for hydroxylation is 1. The third-order valence-electron chi connectivity index (χ3n) is 5.81. The molecule has 5 heteroatoms. The largest absolute Gasteiger partial charge is 0.333 e. The summed E-state index contributed by atoms with van der Waals surface area (Å²) in [6.07, 6.45) is 5.49.